The average molecular weight is 605 g/mol. The molecule has 0 aromatic carbocycles. The van der Waals surface area contributed by atoms with Gasteiger partial charge in [-0.2, -0.15) is 0 Å². The molecule has 0 aromatic rings. The van der Waals surface area contributed by atoms with Gasteiger partial charge in [0.2, 0.25) is 0 Å². The molecule has 2 unspecified atom stereocenters. The molecule has 0 fully saturated rings. The molecule has 246 valence electrons. The van der Waals surface area contributed by atoms with Crippen LogP contribution in [0.15, 0.2) is 0 Å². The van der Waals surface area contributed by atoms with Gasteiger partial charge in [-0.3, -0.25) is 0 Å². The molecule has 13 heteroatoms. The van der Waals surface area contributed by atoms with Crippen LogP contribution in [-0.2, 0) is 28.5 Å². The Morgan fingerprint density at radius 3 is 1.10 bits per heavy atom. The minimum atomic E-state index is -0.941. The molecule has 0 aliphatic rings. The maximum Gasteiger partial charge on any atom is 0.408 e. The van der Waals surface area contributed by atoms with Crippen molar-refractivity contribution in [3.05, 3.63) is 0 Å². The Bertz CT molecular complexity index is 798. The summed E-state index contributed by atoms with van der Waals surface area (Å²) < 4.78 is 21.4. The molecular formula is C29H56N4O9. The third kappa shape index (κ3) is 22.0. The summed E-state index contributed by atoms with van der Waals surface area (Å²) in [4.78, 5) is 49.7. The number of amides is 2. The summed E-state index contributed by atoms with van der Waals surface area (Å²) >= 11 is 0. The maximum atomic E-state index is 12.6. The number of aliphatic hydroxyl groups excluding tert-OH is 1. The number of aliphatic hydroxyl groups is 1. The predicted octanol–water partition coefficient (Wildman–Crippen LogP) is 2.78. The van der Waals surface area contributed by atoms with Gasteiger partial charge < -0.3 is 45.3 Å². The van der Waals surface area contributed by atoms with Crippen LogP contribution in [0.4, 0.5) is 9.59 Å². The highest BCUT2D eigenvalue weighted by atomic mass is 16.6. The van der Waals surface area contributed by atoms with E-state index in [-0.39, 0.29) is 25.9 Å². The van der Waals surface area contributed by atoms with Crippen molar-refractivity contribution in [3.8, 4) is 0 Å². The van der Waals surface area contributed by atoms with Gasteiger partial charge in [0, 0.05) is 13.1 Å². The number of esters is 2. The molecule has 0 saturated carbocycles. The van der Waals surface area contributed by atoms with Crippen LogP contribution < -0.4 is 21.3 Å². The topological polar surface area (TPSA) is 174 Å². The van der Waals surface area contributed by atoms with Gasteiger partial charge in [0.25, 0.3) is 0 Å². The van der Waals surface area contributed by atoms with Crippen molar-refractivity contribution >= 4 is 24.1 Å². The molecular weight excluding hydrogens is 548 g/mol. The van der Waals surface area contributed by atoms with E-state index in [1.807, 2.05) is 0 Å². The molecule has 2 atom stereocenters. The molecule has 0 aromatic heterocycles. The highest BCUT2D eigenvalue weighted by Gasteiger charge is 2.30. The zero-order chi connectivity index (χ0) is 32.9. The Morgan fingerprint density at radius 2 is 0.833 bits per heavy atom. The lowest BCUT2D eigenvalue weighted by molar-refractivity contribution is -0.158. The van der Waals surface area contributed by atoms with Gasteiger partial charge in [-0.05, 0) is 109 Å². The fraction of sp³-hybridized carbons (Fsp3) is 0.862. The van der Waals surface area contributed by atoms with Crippen LogP contribution in [0.5, 0.6) is 0 Å². The van der Waals surface area contributed by atoms with E-state index in [9.17, 15) is 24.3 Å². The van der Waals surface area contributed by atoms with E-state index >= 15 is 0 Å². The molecule has 0 spiro atoms. The van der Waals surface area contributed by atoms with E-state index in [2.05, 4.69) is 21.3 Å². The first-order chi connectivity index (χ1) is 18.9. The summed E-state index contributed by atoms with van der Waals surface area (Å²) in [6.45, 7) is 21.8. The van der Waals surface area contributed by atoms with Crippen LogP contribution in [0, 0.1) is 0 Å². The summed E-state index contributed by atoms with van der Waals surface area (Å²) in [7, 11) is 0. The molecule has 0 aliphatic carbocycles. The summed E-state index contributed by atoms with van der Waals surface area (Å²) in [5.74, 6) is -1.17. The summed E-state index contributed by atoms with van der Waals surface area (Å²) in [5.41, 5.74) is -2.91. The Labute approximate surface area is 251 Å². The first kappa shape index (κ1) is 39.4. The van der Waals surface area contributed by atoms with Crippen molar-refractivity contribution in [2.45, 2.75) is 137 Å². The average Bonchev–Trinajstić information content (AvgIpc) is 2.72. The first-order valence-electron chi connectivity index (χ1n) is 14.4. The summed E-state index contributed by atoms with van der Waals surface area (Å²) in [5, 5.41) is 21.6. The van der Waals surface area contributed by atoms with Gasteiger partial charge in [-0.15, -0.1) is 0 Å². The van der Waals surface area contributed by atoms with Crippen molar-refractivity contribution in [2.24, 2.45) is 0 Å². The van der Waals surface area contributed by atoms with Crippen molar-refractivity contribution in [2.75, 3.05) is 26.2 Å². The second-order valence-corrected chi connectivity index (χ2v) is 14.1. The third-order valence-corrected chi connectivity index (χ3v) is 4.74. The van der Waals surface area contributed by atoms with Crippen molar-refractivity contribution in [1.29, 1.82) is 0 Å². The van der Waals surface area contributed by atoms with Gasteiger partial charge in [-0.25, -0.2) is 19.2 Å². The SMILES string of the molecule is CC(C)(C)OC(=O)NC(CCNCC(O)CNCCC(NC(=O)OC(C)(C)C)C(=O)OC(C)(C)C)C(=O)OC(C)(C)C. The van der Waals surface area contributed by atoms with Crippen molar-refractivity contribution < 1.29 is 43.2 Å². The van der Waals surface area contributed by atoms with Gasteiger partial charge >= 0.3 is 24.1 Å². The molecule has 42 heavy (non-hydrogen) atoms. The van der Waals surface area contributed by atoms with Crippen molar-refractivity contribution in [1.82, 2.24) is 21.3 Å². The lowest BCUT2D eigenvalue weighted by atomic mass is 10.1. The standard InChI is InChI=1S/C29H56N4O9/c1-26(2,3)39-22(35)20(32-24(37)41-28(7,8)9)13-15-30-17-19(34)18-31-16-14-21(23(36)40-27(4,5)6)33-25(38)42-29(10,11)12/h19-21,30-31,34H,13-18H2,1-12H3,(H,32,37)(H,33,38). The monoisotopic (exact) mass is 604 g/mol. The van der Waals surface area contributed by atoms with E-state index < -0.39 is 64.7 Å². The summed E-state index contributed by atoms with van der Waals surface area (Å²) in [6.07, 6.45) is -1.82. The van der Waals surface area contributed by atoms with E-state index in [0.29, 0.717) is 13.1 Å². The predicted molar refractivity (Wildman–Crippen MR) is 159 cm³/mol. The Morgan fingerprint density at radius 1 is 0.548 bits per heavy atom. The van der Waals surface area contributed by atoms with E-state index in [1.165, 1.54) is 0 Å². The normalized spacial score (nSPS) is 14.7. The number of carbonyl (C=O) groups excluding carboxylic acids is 4. The maximum absolute atomic E-state index is 12.6. The number of carbonyl (C=O) groups is 4. The largest absolute Gasteiger partial charge is 0.458 e. The lowest BCUT2D eigenvalue weighted by Crippen LogP contribution is -2.48. The number of alkyl carbamates (subject to hydrolysis) is 2. The van der Waals surface area contributed by atoms with E-state index in [0.717, 1.165) is 0 Å². The molecule has 13 nitrogen and oxygen atoms in total. The quantitative estimate of drug-likeness (QED) is 0.112. The van der Waals surface area contributed by atoms with Crippen molar-refractivity contribution in [3.63, 3.8) is 0 Å². The highest BCUT2D eigenvalue weighted by molar-refractivity contribution is 5.82. The third-order valence-electron chi connectivity index (χ3n) is 4.74. The first-order valence-corrected chi connectivity index (χ1v) is 14.4. The minimum absolute atomic E-state index is 0.201. The zero-order valence-electron chi connectivity index (χ0n) is 27.7. The molecule has 0 radical (unpaired) electrons. The van der Waals surface area contributed by atoms with Crippen LogP contribution in [0.2, 0.25) is 0 Å². The smallest absolute Gasteiger partial charge is 0.408 e. The fourth-order valence-electron chi connectivity index (χ4n) is 3.25. The van der Waals surface area contributed by atoms with E-state index in [4.69, 9.17) is 18.9 Å². The van der Waals surface area contributed by atoms with Gasteiger partial charge in [0.15, 0.2) is 0 Å². The molecule has 0 bridgehead atoms. The number of hydrogen-bond acceptors (Lipinski definition) is 11. The van der Waals surface area contributed by atoms with Crippen LogP contribution in [0.25, 0.3) is 0 Å². The number of ether oxygens (including phenoxy) is 4. The second kappa shape index (κ2) is 16.9. The van der Waals surface area contributed by atoms with Gasteiger partial charge in [0.05, 0.1) is 6.10 Å². The molecule has 5 N–H and O–H groups in total. The number of rotatable bonds is 14. The van der Waals surface area contributed by atoms with Crippen LogP contribution >= 0.6 is 0 Å². The Balaban J connectivity index is 4.80. The fourth-order valence-corrected chi connectivity index (χ4v) is 3.25. The Hall–Kier alpha value is -2.64. The summed E-state index contributed by atoms with van der Waals surface area (Å²) in [6, 6.07) is -1.88. The molecule has 0 rings (SSSR count). The van der Waals surface area contributed by atoms with Gasteiger partial charge in [0.1, 0.15) is 34.5 Å². The number of hydrogen-bond donors (Lipinski definition) is 5. The molecule has 0 heterocycles. The minimum Gasteiger partial charge on any atom is -0.458 e. The zero-order valence-corrected chi connectivity index (χ0v) is 27.7. The van der Waals surface area contributed by atoms with Gasteiger partial charge in [-0.1, -0.05) is 0 Å². The molecule has 0 aliphatic heterocycles. The lowest BCUT2D eigenvalue weighted by Gasteiger charge is -2.26. The molecule has 0 saturated heterocycles. The Kier molecular flexibility index (Phi) is 15.8. The second-order valence-electron chi connectivity index (χ2n) is 14.1. The van der Waals surface area contributed by atoms with Crippen LogP contribution in [0.1, 0.15) is 95.9 Å². The van der Waals surface area contributed by atoms with Crippen LogP contribution in [0.3, 0.4) is 0 Å². The van der Waals surface area contributed by atoms with Crippen LogP contribution in [-0.4, -0.2) is 96.0 Å². The number of nitrogens with one attached hydrogen (secondary N) is 4. The molecule has 2 amide bonds. The van der Waals surface area contributed by atoms with E-state index in [1.54, 1.807) is 83.1 Å². The highest BCUT2D eigenvalue weighted by Crippen LogP contribution is 2.13.